The highest BCUT2D eigenvalue weighted by atomic mass is 32.1. The van der Waals surface area contributed by atoms with E-state index in [2.05, 4.69) is 13.8 Å². The molecule has 0 fully saturated rings. The van der Waals surface area contributed by atoms with Crippen molar-refractivity contribution in [2.45, 2.75) is 188 Å². The summed E-state index contributed by atoms with van der Waals surface area (Å²) in [4.78, 5) is 26.4. The smallest absolute Gasteiger partial charge is 0.341 e. The average molecular weight is 733 g/mol. The van der Waals surface area contributed by atoms with E-state index in [9.17, 15) is 9.59 Å². The molecule has 4 nitrogen and oxygen atoms in total. The monoisotopic (exact) mass is 732 g/mol. The summed E-state index contributed by atoms with van der Waals surface area (Å²) in [5.41, 5.74) is -0.0904. The molecule has 0 spiro atoms. The lowest BCUT2D eigenvalue weighted by atomic mass is 9.89. The van der Waals surface area contributed by atoms with Gasteiger partial charge in [-0.05, 0) is 48.3 Å². The molecule has 1 atom stereocenters. The molecule has 0 aliphatic heterocycles. The number of ether oxygens (including phenoxy) is 2. The highest BCUT2D eigenvalue weighted by molar-refractivity contribution is 7.13. The van der Waals surface area contributed by atoms with Gasteiger partial charge in [0.2, 0.25) is 0 Å². The lowest BCUT2D eigenvalue weighted by molar-refractivity contribution is 0.0476. The summed E-state index contributed by atoms with van der Waals surface area (Å²) in [7, 11) is 0. The quantitative estimate of drug-likeness (QED) is 0.0572. The van der Waals surface area contributed by atoms with E-state index in [1.54, 1.807) is 0 Å². The van der Waals surface area contributed by atoms with E-state index in [-0.39, 0.29) is 18.8 Å². The second-order valence-corrected chi connectivity index (χ2v) is 15.5. The molecule has 1 heterocycles. The zero-order valence-electron chi connectivity index (χ0n) is 32.7. The van der Waals surface area contributed by atoms with E-state index < -0.39 is 34.7 Å². The molecule has 0 aliphatic carbocycles. The van der Waals surface area contributed by atoms with E-state index in [1.807, 2.05) is 25.3 Å². The summed E-state index contributed by atoms with van der Waals surface area (Å²) in [5.74, 6) is -3.23. The van der Waals surface area contributed by atoms with Gasteiger partial charge in [0.15, 0.2) is 0 Å². The fraction of sp³-hybridized carbons (Fsp3) is 0.727. The number of hydrogen-bond acceptors (Lipinski definition) is 5. The number of benzene rings is 1. The number of rotatable bonds is 31. The van der Waals surface area contributed by atoms with Crippen LogP contribution < -0.4 is 0 Å². The van der Waals surface area contributed by atoms with Crippen molar-refractivity contribution in [2.75, 3.05) is 13.2 Å². The molecule has 7 heteroatoms. The molecule has 1 aromatic heterocycles. The van der Waals surface area contributed by atoms with Crippen LogP contribution in [0.3, 0.4) is 0 Å². The Balaban J connectivity index is 2.19. The number of carbonyl (C=O) groups excluding carboxylic acids is 2. The molecular formula is C44H70F2O4S. The first-order chi connectivity index (χ1) is 24.9. The Morgan fingerprint density at radius 1 is 0.608 bits per heavy atom. The third kappa shape index (κ3) is 17.9. The number of hydrogen-bond donors (Lipinski definition) is 0. The van der Waals surface area contributed by atoms with Crippen molar-refractivity contribution in [2.24, 2.45) is 5.92 Å². The van der Waals surface area contributed by atoms with Crippen molar-refractivity contribution in [1.82, 2.24) is 0 Å². The van der Waals surface area contributed by atoms with Crippen LogP contribution in [-0.2, 0) is 15.9 Å². The molecule has 0 bridgehead atoms. The van der Waals surface area contributed by atoms with Gasteiger partial charge in [-0.3, -0.25) is 0 Å². The van der Waals surface area contributed by atoms with Crippen LogP contribution in [0, 0.1) is 17.6 Å². The topological polar surface area (TPSA) is 52.6 Å². The SMILES string of the molecule is CCCCCCCCCCCCC(CCCCCCCCCC)Cc1csc(-c2c(F)c(C(=O)OCCCC)cc(F)c2C(=O)OCCCC)c1. The molecule has 51 heavy (non-hydrogen) atoms. The molecule has 0 radical (unpaired) electrons. The van der Waals surface area contributed by atoms with Gasteiger partial charge in [0.25, 0.3) is 0 Å². The third-order valence-electron chi connectivity index (χ3n) is 9.96. The van der Waals surface area contributed by atoms with Crippen LogP contribution in [0.2, 0.25) is 0 Å². The van der Waals surface area contributed by atoms with Gasteiger partial charge < -0.3 is 9.47 Å². The largest absolute Gasteiger partial charge is 0.462 e. The molecule has 2 aromatic rings. The van der Waals surface area contributed by atoms with Crippen LogP contribution in [0.1, 0.15) is 208 Å². The van der Waals surface area contributed by atoms with E-state index >= 15 is 8.78 Å². The fourth-order valence-electron chi connectivity index (χ4n) is 6.76. The van der Waals surface area contributed by atoms with Gasteiger partial charge in [-0.15, -0.1) is 11.3 Å². The Bertz CT molecular complexity index is 1230. The Morgan fingerprint density at radius 3 is 1.55 bits per heavy atom. The Labute approximate surface area is 313 Å². The first-order valence-electron chi connectivity index (χ1n) is 20.8. The summed E-state index contributed by atoms with van der Waals surface area (Å²) < 4.78 is 42.5. The lowest BCUT2D eigenvalue weighted by Crippen LogP contribution is -2.16. The lowest BCUT2D eigenvalue weighted by Gasteiger charge is -2.17. The van der Waals surface area contributed by atoms with Crippen molar-refractivity contribution >= 4 is 23.3 Å². The first kappa shape index (κ1) is 44.9. The predicted molar refractivity (Wildman–Crippen MR) is 211 cm³/mol. The molecule has 0 aliphatic rings. The zero-order chi connectivity index (χ0) is 37.1. The summed E-state index contributed by atoms with van der Waals surface area (Å²) in [6.07, 6.45) is 29.5. The van der Waals surface area contributed by atoms with E-state index in [0.717, 1.165) is 43.7 Å². The van der Waals surface area contributed by atoms with Crippen LogP contribution in [0.5, 0.6) is 0 Å². The molecule has 0 amide bonds. The molecule has 2 rings (SSSR count). The molecule has 1 unspecified atom stereocenters. The van der Waals surface area contributed by atoms with Gasteiger partial charge in [-0.25, -0.2) is 18.4 Å². The Morgan fingerprint density at radius 2 is 1.06 bits per heavy atom. The van der Waals surface area contributed by atoms with Gasteiger partial charge in [0.05, 0.1) is 18.8 Å². The maximum atomic E-state index is 16.2. The minimum Gasteiger partial charge on any atom is -0.462 e. The van der Waals surface area contributed by atoms with E-state index in [0.29, 0.717) is 23.6 Å². The van der Waals surface area contributed by atoms with Crippen molar-refractivity contribution in [1.29, 1.82) is 0 Å². The normalized spacial score (nSPS) is 12.0. The van der Waals surface area contributed by atoms with Gasteiger partial charge in [0.1, 0.15) is 17.2 Å². The number of halogens is 2. The number of esters is 2. The number of thiophene rings is 1. The fourth-order valence-corrected chi connectivity index (χ4v) is 7.73. The highest BCUT2D eigenvalue weighted by Gasteiger charge is 2.30. The summed E-state index contributed by atoms with van der Waals surface area (Å²) in [5, 5.41) is 2.00. The zero-order valence-corrected chi connectivity index (χ0v) is 33.5. The minimum absolute atomic E-state index is 0.117. The molecule has 0 N–H and O–H groups in total. The predicted octanol–water partition coefficient (Wildman–Crippen LogP) is 14.6. The van der Waals surface area contributed by atoms with Crippen molar-refractivity contribution in [3.63, 3.8) is 0 Å². The van der Waals surface area contributed by atoms with Crippen LogP contribution in [0.25, 0.3) is 10.4 Å². The Kier molecular flexibility index (Phi) is 24.9. The van der Waals surface area contributed by atoms with E-state index in [1.165, 1.54) is 127 Å². The Hall–Kier alpha value is -2.28. The summed E-state index contributed by atoms with van der Waals surface area (Å²) in [6, 6.07) is 2.67. The second kappa shape index (κ2) is 28.3. The summed E-state index contributed by atoms with van der Waals surface area (Å²) in [6.45, 7) is 8.67. The van der Waals surface area contributed by atoms with Crippen LogP contribution in [0.15, 0.2) is 17.5 Å². The maximum absolute atomic E-state index is 16.2. The van der Waals surface area contributed by atoms with Gasteiger partial charge in [-0.1, -0.05) is 169 Å². The molecule has 1 aromatic carbocycles. The molecular weight excluding hydrogens is 663 g/mol. The molecule has 0 saturated heterocycles. The highest BCUT2D eigenvalue weighted by Crippen LogP contribution is 2.37. The maximum Gasteiger partial charge on any atom is 0.341 e. The first-order valence-corrected chi connectivity index (χ1v) is 21.7. The third-order valence-corrected chi connectivity index (χ3v) is 11.0. The minimum atomic E-state index is -0.973. The van der Waals surface area contributed by atoms with Crippen LogP contribution >= 0.6 is 11.3 Å². The van der Waals surface area contributed by atoms with Crippen LogP contribution in [0.4, 0.5) is 8.78 Å². The van der Waals surface area contributed by atoms with Gasteiger partial charge in [0, 0.05) is 10.4 Å². The van der Waals surface area contributed by atoms with Gasteiger partial charge in [-0.2, -0.15) is 0 Å². The van der Waals surface area contributed by atoms with Crippen LogP contribution in [-0.4, -0.2) is 25.2 Å². The summed E-state index contributed by atoms with van der Waals surface area (Å²) >= 11 is 1.29. The number of carbonyl (C=O) groups is 2. The van der Waals surface area contributed by atoms with Crippen molar-refractivity contribution < 1.29 is 27.8 Å². The standard InChI is InChI=1S/C44H70F2O4S/c1-5-9-13-15-17-19-20-22-24-26-28-35(27-25-23-21-18-16-14-10-6-2)31-36-32-39(51-34-36)41-40(44(48)50-30-12-8-4)38(45)33-37(42(41)46)43(47)49-29-11-7-3/h32-35H,5-31H2,1-4H3. The molecule has 0 saturated carbocycles. The van der Waals surface area contributed by atoms with E-state index in [4.69, 9.17) is 9.47 Å². The molecule has 290 valence electrons. The second-order valence-electron chi connectivity index (χ2n) is 14.6. The number of unbranched alkanes of at least 4 members (excludes halogenated alkanes) is 18. The van der Waals surface area contributed by atoms with Crippen molar-refractivity contribution in [3.8, 4) is 10.4 Å². The van der Waals surface area contributed by atoms with Crippen molar-refractivity contribution in [3.05, 3.63) is 45.8 Å². The van der Waals surface area contributed by atoms with Gasteiger partial charge >= 0.3 is 11.9 Å². The average Bonchev–Trinajstić information content (AvgIpc) is 3.58.